The highest BCUT2D eigenvalue weighted by atomic mass is 32.1. The Morgan fingerprint density at radius 2 is 1.83 bits per heavy atom. The molecule has 1 aliphatic carbocycles. The molecule has 7 heteroatoms. The zero-order valence-electron chi connectivity index (χ0n) is 20.2. The molecule has 0 unspecified atom stereocenters. The van der Waals surface area contributed by atoms with Gasteiger partial charge < -0.3 is 15.0 Å². The van der Waals surface area contributed by atoms with Gasteiger partial charge in [-0.3, -0.25) is 0 Å². The van der Waals surface area contributed by atoms with Crippen molar-refractivity contribution in [2.75, 3.05) is 24.5 Å². The van der Waals surface area contributed by atoms with Crippen molar-refractivity contribution in [2.24, 2.45) is 5.92 Å². The summed E-state index contributed by atoms with van der Waals surface area (Å²) in [5, 5.41) is 4.80. The number of hydrogen-bond donors (Lipinski definition) is 1. The molecule has 2 aliphatic rings. The van der Waals surface area contributed by atoms with Crippen LogP contribution >= 0.6 is 11.3 Å². The fraction of sp³-hybridized carbons (Fsp3) is 0.464. The van der Waals surface area contributed by atoms with Gasteiger partial charge in [0.1, 0.15) is 12.4 Å². The number of pyridine rings is 1. The third-order valence-electron chi connectivity index (χ3n) is 7.33. The Hall–Kier alpha value is -2.93. The van der Waals surface area contributed by atoms with Gasteiger partial charge in [0.2, 0.25) is 0 Å². The lowest BCUT2D eigenvalue weighted by Crippen LogP contribution is -2.39. The Balaban J connectivity index is 1.10. The highest BCUT2D eigenvalue weighted by Crippen LogP contribution is 2.33. The minimum atomic E-state index is -0.371. The van der Waals surface area contributed by atoms with Crippen molar-refractivity contribution in [3.63, 3.8) is 0 Å². The maximum Gasteiger partial charge on any atom is 0.407 e. The van der Waals surface area contributed by atoms with Gasteiger partial charge >= 0.3 is 6.09 Å². The first-order valence-corrected chi connectivity index (χ1v) is 13.8. The molecule has 2 aromatic heterocycles. The first kappa shape index (κ1) is 23.8. The number of thiazole rings is 1. The number of benzene rings is 1. The predicted molar refractivity (Wildman–Crippen MR) is 141 cm³/mol. The van der Waals surface area contributed by atoms with E-state index < -0.39 is 0 Å². The molecule has 1 saturated carbocycles. The quantitative estimate of drug-likeness (QED) is 0.415. The number of ether oxygens (including phenoxy) is 1. The van der Waals surface area contributed by atoms with Crippen molar-refractivity contribution in [1.29, 1.82) is 0 Å². The molecule has 0 atom stereocenters. The van der Waals surface area contributed by atoms with Crippen LogP contribution in [0.25, 0.3) is 11.3 Å². The fourth-order valence-electron chi connectivity index (χ4n) is 5.22. The SMILES string of the molecule is O=C(NCC1CCN(c2cccc(-c3ccc(C4CCCCC4)cc3)n2)CC1)OCc1cscn1. The summed E-state index contributed by atoms with van der Waals surface area (Å²) in [4.78, 5) is 23.4. The summed E-state index contributed by atoms with van der Waals surface area (Å²) >= 11 is 1.50. The molecule has 1 amide bonds. The number of alkyl carbamates (subject to hydrolysis) is 1. The monoisotopic (exact) mass is 490 g/mol. The Labute approximate surface area is 211 Å². The van der Waals surface area contributed by atoms with Crippen LogP contribution in [0.1, 0.15) is 62.1 Å². The van der Waals surface area contributed by atoms with Crippen LogP contribution in [0.5, 0.6) is 0 Å². The Morgan fingerprint density at radius 3 is 2.57 bits per heavy atom. The van der Waals surface area contributed by atoms with Crippen LogP contribution in [0.15, 0.2) is 53.4 Å². The van der Waals surface area contributed by atoms with E-state index in [1.807, 2.05) is 5.38 Å². The second kappa shape index (κ2) is 11.7. The third kappa shape index (κ3) is 6.40. The summed E-state index contributed by atoms with van der Waals surface area (Å²) in [5.41, 5.74) is 6.22. The van der Waals surface area contributed by atoms with E-state index in [-0.39, 0.29) is 12.7 Å². The Kier molecular flexibility index (Phi) is 7.93. The molecule has 0 bridgehead atoms. The Morgan fingerprint density at radius 1 is 1.03 bits per heavy atom. The molecule has 6 nitrogen and oxygen atoms in total. The second-order valence-corrected chi connectivity index (χ2v) is 10.4. The average molecular weight is 491 g/mol. The van der Waals surface area contributed by atoms with Crippen molar-refractivity contribution in [2.45, 2.75) is 57.5 Å². The smallest absolute Gasteiger partial charge is 0.407 e. The molecule has 3 aromatic rings. The Bertz CT molecular complexity index is 1070. The molecule has 5 rings (SSSR count). The fourth-order valence-corrected chi connectivity index (χ4v) is 5.76. The van der Waals surface area contributed by atoms with E-state index in [0.29, 0.717) is 12.5 Å². The number of anilines is 1. The van der Waals surface area contributed by atoms with Crippen molar-refractivity contribution in [1.82, 2.24) is 15.3 Å². The largest absolute Gasteiger partial charge is 0.443 e. The lowest BCUT2D eigenvalue weighted by molar-refractivity contribution is 0.136. The molecule has 35 heavy (non-hydrogen) atoms. The van der Waals surface area contributed by atoms with E-state index in [1.165, 1.54) is 54.6 Å². The minimum Gasteiger partial charge on any atom is -0.443 e. The van der Waals surface area contributed by atoms with E-state index in [4.69, 9.17) is 9.72 Å². The first-order valence-electron chi connectivity index (χ1n) is 12.8. The molecular formula is C28H34N4O2S. The lowest BCUT2D eigenvalue weighted by atomic mass is 9.84. The number of hydrogen-bond acceptors (Lipinski definition) is 6. The van der Waals surface area contributed by atoms with Crippen LogP contribution < -0.4 is 10.2 Å². The standard InChI is InChI=1S/C28H34N4O2S/c33-28(34-18-25-19-35-20-30-25)29-17-21-13-15-32(16-14-21)27-8-4-7-26(31-27)24-11-9-23(10-12-24)22-5-2-1-3-6-22/h4,7-12,19-22H,1-3,5-6,13-18H2,(H,29,33). The lowest BCUT2D eigenvalue weighted by Gasteiger charge is -2.33. The van der Waals surface area contributed by atoms with Crippen molar-refractivity contribution >= 4 is 23.2 Å². The van der Waals surface area contributed by atoms with E-state index in [2.05, 4.69) is 57.7 Å². The van der Waals surface area contributed by atoms with Crippen LogP contribution in [0.2, 0.25) is 0 Å². The highest BCUT2D eigenvalue weighted by Gasteiger charge is 2.21. The van der Waals surface area contributed by atoms with Gasteiger partial charge in [-0.1, -0.05) is 49.6 Å². The van der Waals surface area contributed by atoms with Gasteiger partial charge in [0.05, 0.1) is 16.9 Å². The van der Waals surface area contributed by atoms with Crippen LogP contribution in [0, 0.1) is 5.92 Å². The van der Waals surface area contributed by atoms with Crippen LogP contribution in [0.4, 0.5) is 10.6 Å². The van der Waals surface area contributed by atoms with Gasteiger partial charge in [-0.05, 0) is 55.2 Å². The van der Waals surface area contributed by atoms with Crippen LogP contribution in [-0.4, -0.2) is 35.7 Å². The number of nitrogens with one attached hydrogen (secondary N) is 1. The molecule has 3 heterocycles. The molecule has 0 radical (unpaired) electrons. The molecule has 1 aromatic carbocycles. The number of carbonyl (C=O) groups is 1. The van der Waals surface area contributed by atoms with Gasteiger partial charge in [0.25, 0.3) is 0 Å². The molecule has 1 aliphatic heterocycles. The second-order valence-electron chi connectivity index (χ2n) is 9.71. The topological polar surface area (TPSA) is 67.4 Å². The molecule has 2 fully saturated rings. The van der Waals surface area contributed by atoms with Crippen molar-refractivity contribution < 1.29 is 9.53 Å². The minimum absolute atomic E-state index is 0.221. The van der Waals surface area contributed by atoms with Gasteiger partial charge in [-0.2, -0.15) is 0 Å². The summed E-state index contributed by atoms with van der Waals surface area (Å²) in [5.74, 6) is 2.22. The van der Waals surface area contributed by atoms with Crippen molar-refractivity contribution in [3.8, 4) is 11.3 Å². The summed E-state index contributed by atoms with van der Waals surface area (Å²) < 4.78 is 5.24. The number of carbonyl (C=O) groups excluding carboxylic acids is 1. The zero-order chi connectivity index (χ0) is 23.9. The van der Waals surface area contributed by atoms with Gasteiger partial charge in [0.15, 0.2) is 0 Å². The van der Waals surface area contributed by atoms with E-state index in [0.717, 1.165) is 49.1 Å². The van der Waals surface area contributed by atoms with E-state index in [1.54, 1.807) is 5.51 Å². The average Bonchev–Trinajstić information content (AvgIpc) is 3.46. The maximum absolute atomic E-state index is 12.0. The van der Waals surface area contributed by atoms with E-state index >= 15 is 0 Å². The van der Waals surface area contributed by atoms with Gasteiger partial charge in [-0.15, -0.1) is 11.3 Å². The third-order valence-corrected chi connectivity index (χ3v) is 7.96. The molecular weight excluding hydrogens is 456 g/mol. The van der Waals surface area contributed by atoms with Crippen molar-refractivity contribution in [3.05, 3.63) is 64.6 Å². The summed E-state index contributed by atoms with van der Waals surface area (Å²) in [7, 11) is 0. The van der Waals surface area contributed by atoms with Crippen LogP contribution in [-0.2, 0) is 11.3 Å². The predicted octanol–water partition coefficient (Wildman–Crippen LogP) is 6.40. The normalized spacial score (nSPS) is 17.3. The number of amides is 1. The number of piperidine rings is 1. The zero-order valence-corrected chi connectivity index (χ0v) is 21.0. The maximum atomic E-state index is 12.0. The first-order chi connectivity index (χ1) is 17.2. The van der Waals surface area contributed by atoms with Gasteiger partial charge in [0, 0.05) is 30.6 Å². The van der Waals surface area contributed by atoms with Gasteiger partial charge in [-0.25, -0.2) is 14.8 Å². The highest BCUT2D eigenvalue weighted by molar-refractivity contribution is 7.07. The number of aromatic nitrogens is 2. The van der Waals surface area contributed by atoms with E-state index in [9.17, 15) is 4.79 Å². The number of rotatable bonds is 7. The molecule has 0 spiro atoms. The molecule has 1 saturated heterocycles. The summed E-state index contributed by atoms with van der Waals surface area (Å²) in [6.07, 6.45) is 8.44. The summed E-state index contributed by atoms with van der Waals surface area (Å²) in [6.45, 7) is 2.75. The van der Waals surface area contributed by atoms with Crippen LogP contribution in [0.3, 0.4) is 0 Å². The number of nitrogens with zero attached hydrogens (tertiary/aromatic N) is 3. The molecule has 184 valence electrons. The molecule has 1 N–H and O–H groups in total. The summed E-state index contributed by atoms with van der Waals surface area (Å²) in [6, 6.07) is 15.4.